The summed E-state index contributed by atoms with van der Waals surface area (Å²) in [5.41, 5.74) is 3.71. The summed E-state index contributed by atoms with van der Waals surface area (Å²) in [6.45, 7) is 15.2. The Morgan fingerprint density at radius 2 is 1.71 bits per heavy atom. The molecule has 0 aromatic rings. The van der Waals surface area contributed by atoms with Crippen LogP contribution in [0, 0.1) is 0 Å². The van der Waals surface area contributed by atoms with E-state index in [1.54, 1.807) is 0 Å². The number of hydrogen-bond donors (Lipinski definition) is 0. The summed E-state index contributed by atoms with van der Waals surface area (Å²) in [7, 11) is 0. The number of rotatable bonds is 5. The van der Waals surface area contributed by atoms with Crippen molar-refractivity contribution in [2.24, 2.45) is 0 Å². The highest BCUT2D eigenvalue weighted by Crippen LogP contribution is 2.23. The average molecular weight is 196 g/mol. The molecule has 0 aromatic heterocycles. The standard InChI is InChI=1S/C13H21F/c1-7-12(10(4)5)11(6)13(14)8-9(2)3/h13H,2,4,7-8H2,1,3,5-6H3/b12-11+. The van der Waals surface area contributed by atoms with Crippen LogP contribution in [0.3, 0.4) is 0 Å². The largest absolute Gasteiger partial charge is 0.242 e. The predicted octanol–water partition coefficient (Wildman–Crippen LogP) is 4.59. The first-order valence-corrected chi connectivity index (χ1v) is 5.04. The Morgan fingerprint density at radius 1 is 1.21 bits per heavy atom. The van der Waals surface area contributed by atoms with E-state index in [-0.39, 0.29) is 0 Å². The molecule has 0 aliphatic rings. The van der Waals surface area contributed by atoms with Gasteiger partial charge in [-0.2, -0.15) is 0 Å². The second kappa shape index (κ2) is 5.79. The Balaban J connectivity index is 4.76. The summed E-state index contributed by atoms with van der Waals surface area (Å²) in [6, 6.07) is 0. The van der Waals surface area contributed by atoms with E-state index >= 15 is 0 Å². The summed E-state index contributed by atoms with van der Waals surface area (Å²) >= 11 is 0. The first-order valence-electron chi connectivity index (χ1n) is 5.04. The molecule has 0 saturated heterocycles. The fraction of sp³-hybridized carbons (Fsp3) is 0.538. The molecule has 0 saturated carbocycles. The molecule has 80 valence electrons. The number of hydrogen-bond acceptors (Lipinski definition) is 0. The van der Waals surface area contributed by atoms with Crippen LogP contribution < -0.4 is 0 Å². The third-order valence-electron chi connectivity index (χ3n) is 2.34. The van der Waals surface area contributed by atoms with Gasteiger partial charge in [0, 0.05) is 6.42 Å². The lowest BCUT2D eigenvalue weighted by Gasteiger charge is -2.14. The minimum atomic E-state index is -0.904. The molecule has 1 unspecified atom stereocenters. The van der Waals surface area contributed by atoms with Gasteiger partial charge in [0.1, 0.15) is 6.17 Å². The van der Waals surface area contributed by atoms with Gasteiger partial charge in [0.25, 0.3) is 0 Å². The molecule has 1 heteroatoms. The van der Waals surface area contributed by atoms with Gasteiger partial charge in [-0.25, -0.2) is 4.39 Å². The fourth-order valence-corrected chi connectivity index (χ4v) is 1.57. The smallest absolute Gasteiger partial charge is 0.125 e. The predicted molar refractivity (Wildman–Crippen MR) is 62.1 cm³/mol. The Kier molecular flexibility index (Phi) is 5.44. The minimum absolute atomic E-state index is 0.419. The molecule has 0 amide bonds. The van der Waals surface area contributed by atoms with E-state index in [1.807, 2.05) is 27.7 Å². The monoisotopic (exact) mass is 196 g/mol. The number of halogens is 1. The quantitative estimate of drug-likeness (QED) is 0.445. The molecule has 0 aliphatic carbocycles. The maximum atomic E-state index is 13.7. The minimum Gasteiger partial charge on any atom is -0.242 e. The van der Waals surface area contributed by atoms with Crippen LogP contribution in [0.1, 0.15) is 40.5 Å². The van der Waals surface area contributed by atoms with Crippen molar-refractivity contribution in [1.29, 1.82) is 0 Å². The summed E-state index contributed by atoms with van der Waals surface area (Å²) in [6.07, 6.45) is 0.361. The summed E-state index contributed by atoms with van der Waals surface area (Å²) in [5.74, 6) is 0. The lowest BCUT2D eigenvalue weighted by molar-refractivity contribution is 0.377. The van der Waals surface area contributed by atoms with Crippen LogP contribution >= 0.6 is 0 Å². The van der Waals surface area contributed by atoms with E-state index in [2.05, 4.69) is 13.2 Å². The highest BCUT2D eigenvalue weighted by atomic mass is 19.1. The van der Waals surface area contributed by atoms with Gasteiger partial charge in [-0.05, 0) is 38.3 Å². The van der Waals surface area contributed by atoms with Gasteiger partial charge >= 0.3 is 0 Å². The third-order valence-corrected chi connectivity index (χ3v) is 2.34. The zero-order chi connectivity index (χ0) is 11.3. The molecule has 14 heavy (non-hydrogen) atoms. The van der Waals surface area contributed by atoms with Gasteiger partial charge in [-0.3, -0.25) is 0 Å². The van der Waals surface area contributed by atoms with Gasteiger partial charge in [0.05, 0.1) is 0 Å². The van der Waals surface area contributed by atoms with Crippen molar-refractivity contribution < 1.29 is 4.39 Å². The van der Waals surface area contributed by atoms with Crippen LogP contribution in [0.5, 0.6) is 0 Å². The van der Waals surface area contributed by atoms with Crippen LogP contribution in [0.4, 0.5) is 4.39 Å². The molecular weight excluding hydrogens is 175 g/mol. The second-order valence-electron chi connectivity index (χ2n) is 3.92. The van der Waals surface area contributed by atoms with Gasteiger partial charge in [0.15, 0.2) is 0 Å². The summed E-state index contributed by atoms with van der Waals surface area (Å²) in [5, 5.41) is 0. The van der Waals surface area contributed by atoms with Crippen LogP contribution in [-0.2, 0) is 0 Å². The molecule has 0 N–H and O–H groups in total. The van der Waals surface area contributed by atoms with Gasteiger partial charge in [-0.1, -0.05) is 24.6 Å². The molecule has 0 heterocycles. The van der Waals surface area contributed by atoms with Crippen molar-refractivity contribution in [1.82, 2.24) is 0 Å². The number of allylic oxidation sites excluding steroid dienone is 4. The summed E-state index contributed by atoms with van der Waals surface area (Å²) in [4.78, 5) is 0. The van der Waals surface area contributed by atoms with Crippen molar-refractivity contribution >= 4 is 0 Å². The van der Waals surface area contributed by atoms with Gasteiger partial charge in [-0.15, -0.1) is 6.58 Å². The van der Waals surface area contributed by atoms with E-state index in [4.69, 9.17) is 0 Å². The molecule has 1 atom stereocenters. The summed E-state index contributed by atoms with van der Waals surface area (Å²) < 4.78 is 13.7. The van der Waals surface area contributed by atoms with Gasteiger partial charge < -0.3 is 0 Å². The fourth-order valence-electron chi connectivity index (χ4n) is 1.57. The van der Waals surface area contributed by atoms with Crippen molar-refractivity contribution in [3.8, 4) is 0 Å². The zero-order valence-corrected chi connectivity index (χ0v) is 9.78. The Morgan fingerprint density at radius 3 is 2.00 bits per heavy atom. The first-order chi connectivity index (χ1) is 6.40. The lowest BCUT2D eigenvalue weighted by Crippen LogP contribution is -2.05. The van der Waals surface area contributed by atoms with Crippen molar-refractivity contribution in [3.05, 3.63) is 35.5 Å². The van der Waals surface area contributed by atoms with Crippen molar-refractivity contribution in [2.45, 2.75) is 46.7 Å². The second-order valence-corrected chi connectivity index (χ2v) is 3.92. The third kappa shape index (κ3) is 3.91. The van der Waals surface area contributed by atoms with Crippen molar-refractivity contribution in [3.63, 3.8) is 0 Å². The van der Waals surface area contributed by atoms with Crippen LogP contribution in [0.2, 0.25) is 0 Å². The average Bonchev–Trinajstić information content (AvgIpc) is 2.03. The van der Waals surface area contributed by atoms with E-state index in [9.17, 15) is 4.39 Å². The van der Waals surface area contributed by atoms with E-state index in [0.717, 1.165) is 28.7 Å². The highest BCUT2D eigenvalue weighted by molar-refractivity contribution is 5.33. The maximum Gasteiger partial charge on any atom is 0.125 e. The molecule has 0 rings (SSSR count). The first kappa shape index (κ1) is 13.2. The Hall–Kier alpha value is -0.850. The number of alkyl halides is 1. The molecule has 0 aliphatic heterocycles. The van der Waals surface area contributed by atoms with Gasteiger partial charge in [0.2, 0.25) is 0 Å². The Bertz CT molecular complexity index is 258. The highest BCUT2D eigenvalue weighted by Gasteiger charge is 2.13. The molecule has 0 spiro atoms. The molecule has 0 aromatic carbocycles. The van der Waals surface area contributed by atoms with E-state index < -0.39 is 6.17 Å². The Labute approximate surface area is 87.2 Å². The van der Waals surface area contributed by atoms with Crippen molar-refractivity contribution in [2.75, 3.05) is 0 Å². The maximum absolute atomic E-state index is 13.7. The lowest BCUT2D eigenvalue weighted by atomic mass is 9.95. The topological polar surface area (TPSA) is 0 Å². The van der Waals surface area contributed by atoms with Crippen LogP contribution in [-0.4, -0.2) is 6.17 Å². The molecular formula is C13H21F. The van der Waals surface area contributed by atoms with E-state index in [1.165, 1.54) is 0 Å². The normalized spacial score (nSPS) is 14.6. The molecule has 0 bridgehead atoms. The molecule has 0 nitrogen and oxygen atoms in total. The SMILES string of the molecule is C=C(C)CC(F)/C(C)=C(\CC)C(=C)C. The van der Waals surface area contributed by atoms with Crippen LogP contribution in [0.25, 0.3) is 0 Å². The molecule has 0 radical (unpaired) electrons. The molecule has 0 fully saturated rings. The van der Waals surface area contributed by atoms with E-state index in [0.29, 0.717) is 6.42 Å². The zero-order valence-electron chi connectivity index (χ0n) is 9.78. The van der Waals surface area contributed by atoms with Crippen LogP contribution in [0.15, 0.2) is 35.5 Å².